The molecule has 2 aliphatic rings. The van der Waals surface area contributed by atoms with Crippen molar-refractivity contribution in [3.63, 3.8) is 0 Å². The highest BCUT2D eigenvalue weighted by Gasteiger charge is 2.21. The van der Waals surface area contributed by atoms with Crippen molar-refractivity contribution in [3.8, 4) is 0 Å². The molecule has 2 heteroatoms. The van der Waals surface area contributed by atoms with Crippen LogP contribution in [0.4, 0.5) is 0 Å². The molecule has 0 aromatic heterocycles. The second-order valence-corrected chi connectivity index (χ2v) is 5.96. The van der Waals surface area contributed by atoms with E-state index in [2.05, 4.69) is 24.1 Å². The predicted octanol–water partition coefficient (Wildman–Crippen LogP) is 2.64. The SMILES string of the molecule is CC1CCC(NCC(C)N2CCCC2)CC1. The van der Waals surface area contributed by atoms with Crippen LogP contribution in [-0.4, -0.2) is 36.6 Å². The Balaban J connectivity index is 1.62. The number of hydrogen-bond donors (Lipinski definition) is 1. The molecule has 1 saturated heterocycles. The Kier molecular flexibility index (Phi) is 4.66. The maximum atomic E-state index is 3.78. The van der Waals surface area contributed by atoms with Crippen molar-refractivity contribution in [1.29, 1.82) is 0 Å². The molecule has 0 aromatic carbocycles. The van der Waals surface area contributed by atoms with Gasteiger partial charge in [0.05, 0.1) is 0 Å². The zero-order valence-electron chi connectivity index (χ0n) is 11.0. The molecule has 1 heterocycles. The Labute approximate surface area is 101 Å². The molecule has 1 aliphatic carbocycles. The fraction of sp³-hybridized carbons (Fsp3) is 1.00. The molecule has 2 fully saturated rings. The molecule has 0 radical (unpaired) electrons. The topological polar surface area (TPSA) is 15.3 Å². The Morgan fingerprint density at radius 3 is 2.38 bits per heavy atom. The molecule has 94 valence electrons. The second kappa shape index (κ2) is 6.02. The van der Waals surface area contributed by atoms with Crippen molar-refractivity contribution < 1.29 is 0 Å². The molecular formula is C14H28N2. The van der Waals surface area contributed by atoms with Crippen LogP contribution in [0, 0.1) is 5.92 Å². The molecule has 1 aliphatic heterocycles. The molecule has 0 aromatic rings. The first-order valence-electron chi connectivity index (χ1n) is 7.23. The quantitative estimate of drug-likeness (QED) is 0.790. The van der Waals surface area contributed by atoms with Crippen LogP contribution >= 0.6 is 0 Å². The van der Waals surface area contributed by atoms with E-state index in [-0.39, 0.29) is 0 Å². The van der Waals surface area contributed by atoms with Gasteiger partial charge in [-0.2, -0.15) is 0 Å². The summed E-state index contributed by atoms with van der Waals surface area (Å²) in [6.45, 7) is 8.61. The van der Waals surface area contributed by atoms with Crippen LogP contribution in [0.3, 0.4) is 0 Å². The van der Waals surface area contributed by atoms with Crippen LogP contribution in [0.5, 0.6) is 0 Å². The lowest BCUT2D eigenvalue weighted by atomic mass is 9.87. The Bertz CT molecular complexity index is 191. The third kappa shape index (κ3) is 3.46. The van der Waals surface area contributed by atoms with Crippen LogP contribution in [0.1, 0.15) is 52.4 Å². The molecule has 1 saturated carbocycles. The van der Waals surface area contributed by atoms with Gasteiger partial charge in [-0.05, 0) is 64.5 Å². The number of hydrogen-bond acceptors (Lipinski definition) is 2. The van der Waals surface area contributed by atoms with Crippen molar-refractivity contribution in [1.82, 2.24) is 10.2 Å². The van der Waals surface area contributed by atoms with E-state index in [1.807, 2.05) is 0 Å². The first-order valence-corrected chi connectivity index (χ1v) is 7.23. The lowest BCUT2D eigenvalue weighted by molar-refractivity contribution is 0.230. The summed E-state index contributed by atoms with van der Waals surface area (Å²) in [5, 5.41) is 3.78. The zero-order chi connectivity index (χ0) is 11.4. The van der Waals surface area contributed by atoms with E-state index < -0.39 is 0 Å². The molecule has 2 rings (SSSR count). The first-order chi connectivity index (χ1) is 7.75. The van der Waals surface area contributed by atoms with Gasteiger partial charge in [0.25, 0.3) is 0 Å². The van der Waals surface area contributed by atoms with Crippen molar-refractivity contribution in [2.24, 2.45) is 5.92 Å². The van der Waals surface area contributed by atoms with Gasteiger partial charge >= 0.3 is 0 Å². The normalized spacial score (nSPS) is 34.1. The summed E-state index contributed by atoms with van der Waals surface area (Å²) in [7, 11) is 0. The summed E-state index contributed by atoms with van der Waals surface area (Å²) >= 11 is 0. The number of likely N-dealkylation sites (tertiary alicyclic amines) is 1. The van der Waals surface area contributed by atoms with Crippen LogP contribution in [0.2, 0.25) is 0 Å². The summed E-state index contributed by atoms with van der Waals surface area (Å²) in [5.41, 5.74) is 0. The van der Waals surface area contributed by atoms with Gasteiger partial charge in [-0.3, -0.25) is 4.90 Å². The molecular weight excluding hydrogens is 196 g/mol. The standard InChI is InChI=1S/C14H28N2/c1-12-5-7-14(8-6-12)15-11-13(2)16-9-3-4-10-16/h12-15H,3-11H2,1-2H3. The van der Waals surface area contributed by atoms with Crippen LogP contribution < -0.4 is 5.32 Å². The predicted molar refractivity (Wildman–Crippen MR) is 69.7 cm³/mol. The molecule has 1 N–H and O–H groups in total. The fourth-order valence-electron chi connectivity index (χ4n) is 3.11. The molecule has 0 spiro atoms. The molecule has 1 unspecified atom stereocenters. The van der Waals surface area contributed by atoms with Crippen molar-refractivity contribution in [3.05, 3.63) is 0 Å². The Morgan fingerprint density at radius 2 is 1.75 bits per heavy atom. The van der Waals surface area contributed by atoms with E-state index in [9.17, 15) is 0 Å². The summed E-state index contributed by atoms with van der Waals surface area (Å²) in [6.07, 6.45) is 8.46. The summed E-state index contributed by atoms with van der Waals surface area (Å²) in [6, 6.07) is 1.54. The van der Waals surface area contributed by atoms with Crippen molar-refractivity contribution >= 4 is 0 Å². The van der Waals surface area contributed by atoms with Gasteiger partial charge in [-0.1, -0.05) is 6.92 Å². The minimum absolute atomic E-state index is 0.738. The minimum Gasteiger partial charge on any atom is -0.312 e. The average Bonchev–Trinajstić information content (AvgIpc) is 2.81. The third-order valence-corrected chi connectivity index (χ3v) is 4.48. The van der Waals surface area contributed by atoms with Gasteiger partial charge in [-0.15, -0.1) is 0 Å². The summed E-state index contributed by atoms with van der Waals surface area (Å²) in [4.78, 5) is 2.64. The van der Waals surface area contributed by atoms with E-state index in [1.54, 1.807) is 0 Å². The van der Waals surface area contributed by atoms with E-state index in [4.69, 9.17) is 0 Å². The van der Waals surface area contributed by atoms with Gasteiger partial charge in [-0.25, -0.2) is 0 Å². The molecule has 2 nitrogen and oxygen atoms in total. The summed E-state index contributed by atoms with van der Waals surface area (Å²) < 4.78 is 0. The fourth-order valence-corrected chi connectivity index (χ4v) is 3.11. The number of nitrogens with zero attached hydrogens (tertiary/aromatic N) is 1. The van der Waals surface area contributed by atoms with Crippen LogP contribution in [0.15, 0.2) is 0 Å². The average molecular weight is 224 g/mol. The summed E-state index contributed by atoms with van der Waals surface area (Å²) in [5.74, 6) is 0.967. The highest BCUT2D eigenvalue weighted by molar-refractivity contribution is 4.79. The van der Waals surface area contributed by atoms with E-state index >= 15 is 0 Å². The lowest BCUT2D eigenvalue weighted by Crippen LogP contribution is -2.43. The largest absolute Gasteiger partial charge is 0.312 e. The number of rotatable bonds is 4. The smallest absolute Gasteiger partial charge is 0.0192 e. The maximum Gasteiger partial charge on any atom is 0.0192 e. The van der Waals surface area contributed by atoms with Gasteiger partial charge in [0.15, 0.2) is 0 Å². The highest BCUT2D eigenvalue weighted by atomic mass is 15.2. The number of nitrogens with one attached hydrogen (secondary N) is 1. The molecule has 1 atom stereocenters. The van der Waals surface area contributed by atoms with Gasteiger partial charge in [0.1, 0.15) is 0 Å². The van der Waals surface area contributed by atoms with Gasteiger partial charge in [0, 0.05) is 18.6 Å². The molecule has 0 bridgehead atoms. The van der Waals surface area contributed by atoms with E-state index in [0.717, 1.165) is 18.0 Å². The lowest BCUT2D eigenvalue weighted by Gasteiger charge is -2.30. The third-order valence-electron chi connectivity index (χ3n) is 4.48. The van der Waals surface area contributed by atoms with Crippen molar-refractivity contribution in [2.75, 3.05) is 19.6 Å². The molecule has 0 amide bonds. The Hall–Kier alpha value is -0.0800. The van der Waals surface area contributed by atoms with Crippen LogP contribution in [0.25, 0.3) is 0 Å². The van der Waals surface area contributed by atoms with Gasteiger partial charge < -0.3 is 5.32 Å². The van der Waals surface area contributed by atoms with E-state index in [1.165, 1.54) is 58.2 Å². The Morgan fingerprint density at radius 1 is 1.12 bits per heavy atom. The van der Waals surface area contributed by atoms with Crippen molar-refractivity contribution in [2.45, 2.75) is 64.5 Å². The second-order valence-electron chi connectivity index (χ2n) is 5.96. The van der Waals surface area contributed by atoms with Gasteiger partial charge in [0.2, 0.25) is 0 Å². The highest BCUT2D eigenvalue weighted by Crippen LogP contribution is 2.23. The maximum absolute atomic E-state index is 3.78. The van der Waals surface area contributed by atoms with E-state index in [0.29, 0.717) is 0 Å². The molecule has 16 heavy (non-hydrogen) atoms. The minimum atomic E-state index is 0.738. The monoisotopic (exact) mass is 224 g/mol. The zero-order valence-corrected chi connectivity index (χ0v) is 11.0. The first kappa shape index (κ1) is 12.4. The van der Waals surface area contributed by atoms with Crippen LogP contribution in [-0.2, 0) is 0 Å².